The van der Waals surface area contributed by atoms with Gasteiger partial charge < -0.3 is 9.47 Å². The van der Waals surface area contributed by atoms with Crippen molar-refractivity contribution in [2.24, 2.45) is 11.8 Å². The molecule has 98 valence electrons. The molecule has 0 spiro atoms. The van der Waals surface area contributed by atoms with Crippen LogP contribution in [-0.4, -0.2) is 25.2 Å². The summed E-state index contributed by atoms with van der Waals surface area (Å²) in [6, 6.07) is 0. The van der Waals surface area contributed by atoms with Crippen LogP contribution in [0.2, 0.25) is 0 Å². The molecule has 0 atom stereocenters. The van der Waals surface area contributed by atoms with E-state index in [4.69, 9.17) is 0 Å². The largest absolute Gasteiger partial charge is 0.462 e. The number of carbonyl (C=O) groups excluding carboxylic acids is 2. The highest BCUT2D eigenvalue weighted by Crippen LogP contribution is 2.04. The monoisotopic (exact) mass is 246 g/mol. The van der Waals surface area contributed by atoms with Gasteiger partial charge in [-0.2, -0.15) is 4.39 Å². The van der Waals surface area contributed by atoms with Crippen molar-refractivity contribution in [3.8, 4) is 0 Å². The van der Waals surface area contributed by atoms with Crippen LogP contribution in [0.15, 0.2) is 11.9 Å². The summed E-state index contributed by atoms with van der Waals surface area (Å²) in [5, 5.41) is 0. The molecule has 5 heteroatoms. The number of rotatable bonds is 6. The molecule has 0 rings (SSSR count). The number of halogens is 1. The molecule has 0 aromatic heterocycles. The molecule has 0 aromatic carbocycles. The number of ether oxygens (including phenoxy) is 2. The Labute approximate surface area is 101 Å². The fourth-order valence-electron chi connectivity index (χ4n) is 0.764. The van der Waals surface area contributed by atoms with Crippen molar-refractivity contribution < 1.29 is 23.5 Å². The molecule has 4 nitrogen and oxygen atoms in total. The number of hydrogen-bond donors (Lipinski definition) is 0. The first kappa shape index (κ1) is 15.6. The second kappa shape index (κ2) is 7.81. The summed E-state index contributed by atoms with van der Waals surface area (Å²) in [7, 11) is 0. The van der Waals surface area contributed by atoms with Crippen molar-refractivity contribution in [3.05, 3.63) is 11.9 Å². The summed E-state index contributed by atoms with van der Waals surface area (Å²) in [5.41, 5.74) is 0. The molecule has 0 bridgehead atoms. The lowest BCUT2D eigenvalue weighted by Gasteiger charge is -2.06. The summed E-state index contributed by atoms with van der Waals surface area (Å²) in [6.07, 6.45) is 0.505. The van der Waals surface area contributed by atoms with E-state index in [9.17, 15) is 14.0 Å². The zero-order valence-corrected chi connectivity index (χ0v) is 10.7. The van der Waals surface area contributed by atoms with Gasteiger partial charge in [-0.25, -0.2) is 9.59 Å². The van der Waals surface area contributed by atoms with E-state index in [0.717, 1.165) is 0 Å². The Hall–Kier alpha value is -1.39. The lowest BCUT2D eigenvalue weighted by molar-refractivity contribution is -0.143. The van der Waals surface area contributed by atoms with Gasteiger partial charge in [-0.1, -0.05) is 27.7 Å². The maximum Gasteiger partial charge on any atom is 0.367 e. The topological polar surface area (TPSA) is 52.6 Å². The van der Waals surface area contributed by atoms with Crippen molar-refractivity contribution in [2.75, 3.05) is 13.2 Å². The normalized spacial score (nSPS) is 11.8. The van der Waals surface area contributed by atoms with Crippen molar-refractivity contribution in [1.29, 1.82) is 0 Å². The van der Waals surface area contributed by atoms with Crippen LogP contribution in [0.4, 0.5) is 4.39 Å². The molecule has 0 aromatic rings. The van der Waals surface area contributed by atoms with Crippen LogP contribution in [0.3, 0.4) is 0 Å². The van der Waals surface area contributed by atoms with Crippen molar-refractivity contribution in [2.45, 2.75) is 27.7 Å². The molecule has 0 saturated heterocycles. The molecule has 17 heavy (non-hydrogen) atoms. The Morgan fingerprint density at radius 1 is 1.06 bits per heavy atom. The van der Waals surface area contributed by atoms with Gasteiger partial charge in [-0.15, -0.1) is 0 Å². The van der Waals surface area contributed by atoms with E-state index in [2.05, 4.69) is 9.47 Å². The standard InChI is InChI=1S/C12H19FO4/c1-8(2)6-16-11(14)5-10(13)12(15)17-7-9(3)4/h5,8-9H,6-7H2,1-4H3/b10-5+. The Morgan fingerprint density at radius 2 is 1.53 bits per heavy atom. The zero-order valence-electron chi connectivity index (χ0n) is 10.7. The van der Waals surface area contributed by atoms with Crippen LogP contribution in [0.5, 0.6) is 0 Å². The Kier molecular flexibility index (Phi) is 7.18. The van der Waals surface area contributed by atoms with E-state index < -0.39 is 17.8 Å². The number of hydrogen-bond acceptors (Lipinski definition) is 4. The van der Waals surface area contributed by atoms with Gasteiger partial charge in [-0.05, 0) is 11.8 Å². The molecule has 0 radical (unpaired) electrons. The van der Waals surface area contributed by atoms with Gasteiger partial charge in [0.25, 0.3) is 0 Å². The summed E-state index contributed by atoms with van der Waals surface area (Å²) < 4.78 is 22.4. The molecule has 0 amide bonds. The van der Waals surface area contributed by atoms with E-state index in [1.165, 1.54) is 0 Å². The maximum absolute atomic E-state index is 13.1. The lowest BCUT2D eigenvalue weighted by atomic mass is 10.2. The zero-order chi connectivity index (χ0) is 13.4. The van der Waals surface area contributed by atoms with Crippen molar-refractivity contribution in [1.82, 2.24) is 0 Å². The second-order valence-electron chi connectivity index (χ2n) is 4.51. The minimum absolute atomic E-state index is 0.111. The molecule has 0 aliphatic carbocycles. The van der Waals surface area contributed by atoms with E-state index >= 15 is 0 Å². The Bertz CT molecular complexity index is 295. The predicted molar refractivity (Wildman–Crippen MR) is 60.8 cm³/mol. The van der Waals surface area contributed by atoms with Gasteiger partial charge in [-0.3, -0.25) is 0 Å². The molecule has 0 aliphatic heterocycles. The fourth-order valence-corrected chi connectivity index (χ4v) is 0.764. The Balaban J connectivity index is 4.14. The third-order valence-electron chi connectivity index (χ3n) is 1.55. The highest BCUT2D eigenvalue weighted by atomic mass is 19.1. The molecule has 0 N–H and O–H groups in total. The van der Waals surface area contributed by atoms with Crippen molar-refractivity contribution >= 4 is 11.9 Å². The van der Waals surface area contributed by atoms with E-state index in [-0.39, 0.29) is 25.0 Å². The maximum atomic E-state index is 13.1. The van der Waals surface area contributed by atoms with Crippen LogP contribution in [-0.2, 0) is 19.1 Å². The molecule has 0 saturated carbocycles. The quantitative estimate of drug-likeness (QED) is 0.532. The van der Waals surface area contributed by atoms with Gasteiger partial charge in [0.05, 0.1) is 19.3 Å². The molecular weight excluding hydrogens is 227 g/mol. The van der Waals surface area contributed by atoms with Crippen molar-refractivity contribution in [3.63, 3.8) is 0 Å². The average Bonchev–Trinajstić information content (AvgIpc) is 2.22. The molecular formula is C12H19FO4. The van der Waals surface area contributed by atoms with Gasteiger partial charge in [0, 0.05) is 0 Å². The van der Waals surface area contributed by atoms with Crippen LogP contribution >= 0.6 is 0 Å². The highest BCUT2D eigenvalue weighted by Gasteiger charge is 2.14. The number of carbonyl (C=O) groups is 2. The molecule has 0 fully saturated rings. The average molecular weight is 246 g/mol. The molecule has 0 unspecified atom stereocenters. The first-order valence-electron chi connectivity index (χ1n) is 5.54. The van der Waals surface area contributed by atoms with E-state index in [1.54, 1.807) is 0 Å². The van der Waals surface area contributed by atoms with Crippen LogP contribution < -0.4 is 0 Å². The lowest BCUT2D eigenvalue weighted by Crippen LogP contribution is -2.13. The van der Waals surface area contributed by atoms with Gasteiger partial charge in [0.1, 0.15) is 0 Å². The predicted octanol–water partition coefficient (Wildman–Crippen LogP) is 2.24. The summed E-state index contributed by atoms with van der Waals surface area (Å²) in [5.74, 6) is -2.99. The third-order valence-corrected chi connectivity index (χ3v) is 1.55. The Morgan fingerprint density at radius 3 is 2.00 bits per heavy atom. The second-order valence-corrected chi connectivity index (χ2v) is 4.51. The van der Waals surface area contributed by atoms with Gasteiger partial charge in [0.15, 0.2) is 0 Å². The van der Waals surface area contributed by atoms with E-state index in [0.29, 0.717) is 6.08 Å². The minimum atomic E-state index is -1.24. The smallest absolute Gasteiger partial charge is 0.367 e. The van der Waals surface area contributed by atoms with Crippen LogP contribution in [0.1, 0.15) is 27.7 Å². The SMILES string of the molecule is CC(C)COC(=O)/C=C(/F)C(=O)OCC(C)C. The third kappa shape index (κ3) is 8.42. The molecule has 0 heterocycles. The van der Waals surface area contributed by atoms with E-state index in [1.807, 2.05) is 27.7 Å². The summed E-state index contributed by atoms with van der Waals surface area (Å²) in [6.45, 7) is 7.65. The number of esters is 2. The van der Waals surface area contributed by atoms with Gasteiger partial charge in [0.2, 0.25) is 5.83 Å². The highest BCUT2D eigenvalue weighted by molar-refractivity contribution is 5.94. The van der Waals surface area contributed by atoms with Crippen LogP contribution in [0.25, 0.3) is 0 Å². The first-order chi connectivity index (χ1) is 7.82. The minimum Gasteiger partial charge on any atom is -0.462 e. The summed E-state index contributed by atoms with van der Waals surface area (Å²) >= 11 is 0. The van der Waals surface area contributed by atoms with Gasteiger partial charge >= 0.3 is 11.9 Å². The first-order valence-corrected chi connectivity index (χ1v) is 5.54. The fraction of sp³-hybridized carbons (Fsp3) is 0.667. The van der Waals surface area contributed by atoms with Crippen LogP contribution in [0, 0.1) is 11.8 Å². The summed E-state index contributed by atoms with van der Waals surface area (Å²) in [4.78, 5) is 22.1. The molecule has 0 aliphatic rings.